The quantitative estimate of drug-likeness (QED) is 0.475. The van der Waals surface area contributed by atoms with Gasteiger partial charge in [-0.05, 0) is 67.7 Å². The summed E-state index contributed by atoms with van der Waals surface area (Å²) in [4.78, 5) is 12.4. The van der Waals surface area contributed by atoms with Crippen LogP contribution in [0.4, 0.5) is 4.39 Å². The fraction of sp³-hybridized carbons (Fsp3) is 0.379. The maximum atomic E-state index is 13.7. The monoisotopic (exact) mass is 502 g/mol. The lowest BCUT2D eigenvalue weighted by atomic mass is 9.81. The van der Waals surface area contributed by atoms with Gasteiger partial charge < -0.3 is 23.8 Å². The number of hydrogen-bond acceptors (Lipinski definition) is 6. The first kappa shape index (κ1) is 23.7. The molecule has 0 radical (unpaired) electrons. The number of halogens is 1. The van der Waals surface area contributed by atoms with Crippen molar-refractivity contribution in [2.45, 2.75) is 44.2 Å². The first-order chi connectivity index (χ1) is 18.0. The number of hydrogen-bond donors (Lipinski definition) is 0. The zero-order chi connectivity index (χ0) is 25.4. The van der Waals surface area contributed by atoms with E-state index in [1.807, 2.05) is 42.0 Å². The Hall–Kier alpha value is -3.65. The van der Waals surface area contributed by atoms with E-state index in [2.05, 4.69) is 27.2 Å². The van der Waals surface area contributed by atoms with Gasteiger partial charge in [0.1, 0.15) is 18.2 Å². The third kappa shape index (κ3) is 4.62. The van der Waals surface area contributed by atoms with Crippen molar-refractivity contribution in [1.29, 1.82) is 0 Å². The second-order valence-corrected chi connectivity index (χ2v) is 10.1. The summed E-state index contributed by atoms with van der Waals surface area (Å²) in [6.45, 7) is 3.87. The number of amidine groups is 1. The van der Waals surface area contributed by atoms with Gasteiger partial charge in [-0.1, -0.05) is 23.4 Å². The number of aryl methyl sites for hydroxylation is 1. The van der Waals surface area contributed by atoms with Gasteiger partial charge in [-0.25, -0.2) is 9.37 Å². The summed E-state index contributed by atoms with van der Waals surface area (Å²) in [6, 6.07) is 12.8. The van der Waals surface area contributed by atoms with Crippen molar-refractivity contribution >= 4 is 11.9 Å². The fourth-order valence-electron chi connectivity index (χ4n) is 5.68. The van der Waals surface area contributed by atoms with Crippen LogP contribution in [0.3, 0.4) is 0 Å². The molecule has 1 spiro atoms. The van der Waals surface area contributed by atoms with Crippen LogP contribution in [0.25, 0.3) is 11.8 Å². The topological polar surface area (TPSA) is 61.1 Å². The van der Waals surface area contributed by atoms with E-state index in [-0.39, 0.29) is 17.5 Å². The van der Waals surface area contributed by atoms with Crippen LogP contribution < -0.4 is 4.74 Å². The van der Waals surface area contributed by atoms with Crippen molar-refractivity contribution in [3.8, 4) is 11.4 Å². The molecule has 0 N–H and O–H groups in total. The number of oxime groups is 1. The Morgan fingerprint density at radius 3 is 2.76 bits per heavy atom. The lowest BCUT2D eigenvalue weighted by Crippen LogP contribution is -2.57. The Morgan fingerprint density at radius 1 is 1.16 bits per heavy atom. The van der Waals surface area contributed by atoms with Gasteiger partial charge >= 0.3 is 0 Å². The molecule has 6 rings (SSSR count). The lowest BCUT2D eigenvalue weighted by Gasteiger charge is -2.50. The molecule has 1 aromatic heterocycles. The van der Waals surface area contributed by atoms with Crippen LogP contribution >= 0.6 is 0 Å². The molecule has 0 saturated carbocycles. The van der Waals surface area contributed by atoms with Crippen LogP contribution in [0.1, 0.15) is 48.5 Å². The second-order valence-electron chi connectivity index (χ2n) is 10.1. The molecule has 192 valence electrons. The molecular formula is C29H31FN4O3. The highest BCUT2D eigenvalue weighted by Gasteiger charge is 2.46. The standard InChI is InChI=1S/C29H31FN4O3/c1-20-16-33(19-31-20)25-10-5-21(14-27(25)35-2)13-23-15-29(11-3-4-12-36-29)18-34-26(17-37-32-28(23)34)22-6-8-24(30)9-7-22/h5-10,13-14,16,19,26H,3-4,11-12,15,17-18H2,1-2H3. The number of nitrogens with zero attached hydrogens (tertiary/aromatic N) is 4. The van der Waals surface area contributed by atoms with Gasteiger partial charge in [0.15, 0.2) is 5.84 Å². The van der Waals surface area contributed by atoms with Crippen LogP contribution in [0.15, 0.2) is 65.7 Å². The Balaban J connectivity index is 1.39. The molecule has 8 heteroatoms. The number of imidazole rings is 1. The van der Waals surface area contributed by atoms with Gasteiger partial charge in [-0.2, -0.15) is 0 Å². The minimum atomic E-state index is -0.281. The third-order valence-corrected chi connectivity index (χ3v) is 7.51. The summed E-state index contributed by atoms with van der Waals surface area (Å²) in [5.41, 5.74) is 4.66. The third-order valence-electron chi connectivity index (χ3n) is 7.51. The average Bonchev–Trinajstić information content (AvgIpc) is 3.35. The molecule has 3 aliphatic rings. The van der Waals surface area contributed by atoms with E-state index in [9.17, 15) is 4.39 Å². The lowest BCUT2D eigenvalue weighted by molar-refractivity contribution is -0.103. The Bertz CT molecular complexity index is 1340. The van der Waals surface area contributed by atoms with Crippen molar-refractivity contribution in [2.24, 2.45) is 5.16 Å². The van der Waals surface area contributed by atoms with Gasteiger partial charge in [0.05, 0.1) is 36.5 Å². The van der Waals surface area contributed by atoms with Gasteiger partial charge in [-0.15, -0.1) is 0 Å². The highest BCUT2D eigenvalue weighted by atomic mass is 19.1. The number of methoxy groups -OCH3 is 1. The number of benzene rings is 2. The molecule has 37 heavy (non-hydrogen) atoms. The van der Waals surface area contributed by atoms with Crippen LogP contribution in [0.2, 0.25) is 0 Å². The van der Waals surface area contributed by atoms with Crippen LogP contribution in [-0.4, -0.2) is 52.8 Å². The number of ether oxygens (including phenoxy) is 2. The molecule has 0 amide bonds. The molecule has 3 aliphatic heterocycles. The Morgan fingerprint density at radius 2 is 2.03 bits per heavy atom. The number of rotatable bonds is 4. The smallest absolute Gasteiger partial charge is 0.172 e. The van der Waals surface area contributed by atoms with Crippen molar-refractivity contribution < 1.29 is 18.7 Å². The van der Waals surface area contributed by atoms with Crippen molar-refractivity contribution in [3.63, 3.8) is 0 Å². The molecule has 3 aromatic rings. The van der Waals surface area contributed by atoms with E-state index in [1.54, 1.807) is 13.4 Å². The molecule has 4 heterocycles. The molecule has 0 aliphatic carbocycles. The van der Waals surface area contributed by atoms with E-state index in [1.165, 1.54) is 12.1 Å². The highest BCUT2D eigenvalue weighted by Crippen LogP contribution is 2.42. The summed E-state index contributed by atoms with van der Waals surface area (Å²) in [7, 11) is 1.68. The predicted molar refractivity (Wildman–Crippen MR) is 139 cm³/mol. The Labute approximate surface area is 216 Å². The molecule has 2 atom stereocenters. The van der Waals surface area contributed by atoms with Gasteiger partial charge in [0, 0.05) is 31.3 Å². The van der Waals surface area contributed by atoms with Gasteiger partial charge in [0.2, 0.25) is 0 Å². The molecule has 2 fully saturated rings. The molecule has 2 saturated heterocycles. The minimum Gasteiger partial charge on any atom is -0.495 e. The minimum absolute atomic E-state index is 0.0689. The predicted octanol–water partition coefficient (Wildman–Crippen LogP) is 5.44. The average molecular weight is 503 g/mol. The van der Waals surface area contributed by atoms with E-state index in [4.69, 9.17) is 14.3 Å². The summed E-state index contributed by atoms with van der Waals surface area (Å²) >= 11 is 0. The first-order valence-corrected chi connectivity index (χ1v) is 12.8. The zero-order valence-electron chi connectivity index (χ0n) is 21.2. The summed E-state index contributed by atoms with van der Waals surface area (Å²) in [5.74, 6) is 1.33. The summed E-state index contributed by atoms with van der Waals surface area (Å²) < 4.78 is 27.8. The number of aromatic nitrogens is 2. The van der Waals surface area contributed by atoms with E-state index in [0.29, 0.717) is 6.61 Å². The molecule has 2 unspecified atom stereocenters. The normalized spacial score (nSPS) is 24.5. The molecular weight excluding hydrogens is 471 g/mol. The SMILES string of the molecule is COc1cc(C=C2CC3(CCCCO3)CN3C2=NOCC3c2ccc(F)cc2)ccc1-n1cnc(C)c1. The molecule has 0 bridgehead atoms. The van der Waals surface area contributed by atoms with Crippen molar-refractivity contribution in [1.82, 2.24) is 14.5 Å². The highest BCUT2D eigenvalue weighted by molar-refractivity contribution is 6.03. The molecule has 2 aromatic carbocycles. The van der Waals surface area contributed by atoms with Gasteiger partial charge in [0.25, 0.3) is 0 Å². The zero-order valence-corrected chi connectivity index (χ0v) is 21.2. The fourth-order valence-corrected chi connectivity index (χ4v) is 5.68. The van der Waals surface area contributed by atoms with E-state index < -0.39 is 0 Å². The maximum Gasteiger partial charge on any atom is 0.172 e. The maximum absolute atomic E-state index is 13.7. The van der Waals surface area contributed by atoms with Crippen LogP contribution in [-0.2, 0) is 9.57 Å². The van der Waals surface area contributed by atoms with Crippen LogP contribution in [0.5, 0.6) is 5.75 Å². The molecule has 7 nitrogen and oxygen atoms in total. The summed E-state index contributed by atoms with van der Waals surface area (Å²) in [6.07, 6.45) is 9.89. The largest absolute Gasteiger partial charge is 0.495 e. The summed E-state index contributed by atoms with van der Waals surface area (Å²) in [5, 5.41) is 4.51. The van der Waals surface area contributed by atoms with Crippen molar-refractivity contribution in [3.05, 3.63) is 83.2 Å². The van der Waals surface area contributed by atoms with Crippen molar-refractivity contribution in [2.75, 3.05) is 26.9 Å². The first-order valence-electron chi connectivity index (χ1n) is 12.8. The van der Waals surface area contributed by atoms with Gasteiger partial charge in [-0.3, -0.25) is 0 Å². The van der Waals surface area contributed by atoms with Crippen LogP contribution in [0, 0.1) is 12.7 Å². The second kappa shape index (κ2) is 9.67. The van der Waals surface area contributed by atoms with E-state index in [0.717, 1.165) is 78.5 Å². The van der Waals surface area contributed by atoms with E-state index >= 15 is 0 Å². The number of piperidine rings is 1. The Kier molecular flexibility index (Phi) is 6.20. The number of fused-ring (bicyclic) bond motifs is 1.